The van der Waals surface area contributed by atoms with E-state index < -0.39 is 0 Å². The summed E-state index contributed by atoms with van der Waals surface area (Å²) >= 11 is 0. The van der Waals surface area contributed by atoms with Gasteiger partial charge >= 0.3 is 17.4 Å². The van der Waals surface area contributed by atoms with Gasteiger partial charge in [-0.3, -0.25) is 15.0 Å². The number of benzene rings is 3. The number of aromatic nitrogens is 3. The van der Waals surface area contributed by atoms with Gasteiger partial charge in [0.15, 0.2) is 0 Å². The number of hydrogen-bond donors (Lipinski definition) is 0. The minimum Gasteiger partial charge on any atom is -0.871 e. The minimum absolute atomic E-state index is 0. The Hall–Kier alpha value is -4.18. The molecule has 0 unspecified atom stereocenters. The zero-order valence-electron chi connectivity index (χ0n) is 23.6. The molecule has 0 fully saturated rings. The van der Waals surface area contributed by atoms with Crippen LogP contribution in [0.5, 0.6) is 17.2 Å². The third kappa shape index (κ3) is 6.17. The van der Waals surface area contributed by atoms with Crippen LogP contribution in [0.4, 0.5) is 0 Å². The molecule has 0 radical (unpaired) electrons. The van der Waals surface area contributed by atoms with E-state index in [9.17, 15) is 15.3 Å². The van der Waals surface area contributed by atoms with Gasteiger partial charge in [-0.1, -0.05) is 53.6 Å². The zero-order chi connectivity index (χ0) is 28.3. The first-order valence-electron chi connectivity index (χ1n) is 12.7. The quantitative estimate of drug-likeness (QED) is 0.238. The Morgan fingerprint density at radius 2 is 0.600 bits per heavy atom. The predicted octanol–water partition coefficient (Wildman–Crippen LogP) is 5.39. The van der Waals surface area contributed by atoms with E-state index in [1.165, 1.54) is 0 Å². The smallest absolute Gasteiger partial charge is 0.871 e. The average molecular weight is 544 g/mol. The molecule has 6 rings (SSSR count). The van der Waals surface area contributed by atoms with Crippen LogP contribution >= 0.6 is 0 Å². The van der Waals surface area contributed by atoms with Gasteiger partial charge in [0.05, 0.1) is 16.6 Å². The van der Waals surface area contributed by atoms with Crippen LogP contribution < -0.4 is 15.3 Å². The summed E-state index contributed by atoms with van der Waals surface area (Å²) in [5, 5.41) is 37.2. The van der Waals surface area contributed by atoms with Crippen LogP contribution in [0.2, 0.25) is 0 Å². The van der Waals surface area contributed by atoms with Crippen molar-refractivity contribution in [3.8, 4) is 17.2 Å². The molecule has 0 saturated carbocycles. The maximum absolute atomic E-state index is 11.4. The van der Waals surface area contributed by atoms with E-state index in [2.05, 4.69) is 15.0 Å². The molecule has 0 aliphatic rings. The predicted molar refractivity (Wildman–Crippen MR) is 158 cm³/mol. The summed E-state index contributed by atoms with van der Waals surface area (Å²) < 4.78 is 0. The Morgan fingerprint density at radius 1 is 0.375 bits per heavy atom. The second kappa shape index (κ2) is 12.8. The second-order valence-corrected chi connectivity index (χ2v) is 9.70. The standard InChI is InChI=1S/3C11H11NO.Al/c3*1-7-3-4-9(13)11-10(7)8(2)5-6-12-11;/h3*3-6,13H,1-2H3;/q;;;+3/p-3. The summed E-state index contributed by atoms with van der Waals surface area (Å²) in [6, 6.07) is 16.0. The number of hydrogen-bond acceptors (Lipinski definition) is 6. The summed E-state index contributed by atoms with van der Waals surface area (Å²) in [5.41, 5.74) is 8.42. The van der Waals surface area contributed by atoms with Gasteiger partial charge in [0, 0.05) is 34.7 Å². The summed E-state index contributed by atoms with van der Waals surface area (Å²) in [6.45, 7) is 12.0. The van der Waals surface area contributed by atoms with Crippen molar-refractivity contribution >= 4 is 50.1 Å². The Kier molecular flexibility index (Phi) is 9.70. The normalized spacial score (nSPS) is 10.3. The van der Waals surface area contributed by atoms with Crippen molar-refractivity contribution in [2.75, 3.05) is 0 Å². The molecule has 3 aromatic carbocycles. The van der Waals surface area contributed by atoms with Crippen LogP contribution in [0.25, 0.3) is 32.7 Å². The molecule has 198 valence electrons. The fourth-order valence-corrected chi connectivity index (χ4v) is 4.82. The molecule has 0 amide bonds. The van der Waals surface area contributed by atoms with Gasteiger partial charge in [-0.2, -0.15) is 0 Å². The molecule has 0 spiro atoms. The second-order valence-electron chi connectivity index (χ2n) is 9.70. The van der Waals surface area contributed by atoms with E-state index in [1.54, 1.807) is 36.8 Å². The first-order chi connectivity index (χ1) is 18.6. The number of pyridine rings is 3. The van der Waals surface area contributed by atoms with Gasteiger partial charge in [0.25, 0.3) is 0 Å². The summed E-state index contributed by atoms with van der Waals surface area (Å²) in [4.78, 5) is 12.3. The van der Waals surface area contributed by atoms with Crippen LogP contribution in [-0.4, -0.2) is 32.3 Å². The van der Waals surface area contributed by atoms with Gasteiger partial charge in [-0.25, -0.2) is 0 Å². The van der Waals surface area contributed by atoms with E-state index in [0.717, 1.165) is 49.5 Å². The van der Waals surface area contributed by atoms with Crippen molar-refractivity contribution in [1.29, 1.82) is 0 Å². The van der Waals surface area contributed by atoms with Crippen molar-refractivity contribution in [2.24, 2.45) is 0 Å². The fraction of sp³-hybridized carbons (Fsp3) is 0.182. The number of aryl methyl sites for hydroxylation is 6. The van der Waals surface area contributed by atoms with Gasteiger partial charge in [0.1, 0.15) is 0 Å². The molecule has 0 aliphatic heterocycles. The maximum Gasteiger partial charge on any atom is 3.00 e. The van der Waals surface area contributed by atoms with Gasteiger partial charge < -0.3 is 15.3 Å². The minimum atomic E-state index is 0. The molecule has 40 heavy (non-hydrogen) atoms. The molecular formula is C33H30AlN3O3. The van der Waals surface area contributed by atoms with E-state index in [-0.39, 0.29) is 34.6 Å². The van der Waals surface area contributed by atoms with Gasteiger partial charge in [0.2, 0.25) is 0 Å². The number of rotatable bonds is 0. The maximum atomic E-state index is 11.4. The molecular weight excluding hydrogens is 513 g/mol. The van der Waals surface area contributed by atoms with Crippen LogP contribution in [0, 0.1) is 41.5 Å². The summed E-state index contributed by atoms with van der Waals surface area (Å²) in [7, 11) is 0. The molecule has 0 N–H and O–H groups in total. The number of nitrogens with zero attached hydrogens (tertiary/aromatic N) is 3. The van der Waals surface area contributed by atoms with Crippen molar-refractivity contribution in [2.45, 2.75) is 41.5 Å². The van der Waals surface area contributed by atoms with E-state index in [4.69, 9.17) is 0 Å². The molecule has 3 aromatic heterocycles. The summed E-state index contributed by atoms with van der Waals surface area (Å²) in [5.74, 6) is 0.0119. The largest absolute Gasteiger partial charge is 3.00 e. The van der Waals surface area contributed by atoms with Crippen molar-refractivity contribution in [1.82, 2.24) is 15.0 Å². The third-order valence-electron chi connectivity index (χ3n) is 6.82. The molecule has 0 saturated heterocycles. The molecule has 0 atom stereocenters. The number of fused-ring (bicyclic) bond motifs is 3. The zero-order valence-corrected chi connectivity index (χ0v) is 24.7. The van der Waals surface area contributed by atoms with Crippen molar-refractivity contribution < 1.29 is 15.3 Å². The van der Waals surface area contributed by atoms with Gasteiger partial charge in [-0.15, -0.1) is 0 Å². The third-order valence-corrected chi connectivity index (χ3v) is 6.82. The van der Waals surface area contributed by atoms with Crippen molar-refractivity contribution in [3.63, 3.8) is 0 Å². The Labute approximate surface area is 245 Å². The topological polar surface area (TPSA) is 108 Å². The Bertz CT molecular complexity index is 1580. The monoisotopic (exact) mass is 543 g/mol. The molecule has 3 heterocycles. The van der Waals surface area contributed by atoms with Crippen LogP contribution in [0.1, 0.15) is 33.4 Å². The first kappa shape index (κ1) is 30.4. The van der Waals surface area contributed by atoms with Crippen LogP contribution in [0.15, 0.2) is 73.2 Å². The van der Waals surface area contributed by atoms with Crippen molar-refractivity contribution in [3.05, 3.63) is 107 Å². The Balaban J connectivity index is 0.000000163. The molecule has 6 nitrogen and oxygen atoms in total. The molecule has 0 aliphatic carbocycles. The van der Waals surface area contributed by atoms with Gasteiger partial charge in [-0.05, 0) is 93.1 Å². The molecule has 7 heteroatoms. The molecule has 6 aromatic rings. The van der Waals surface area contributed by atoms with E-state index in [0.29, 0.717) is 16.6 Å². The van der Waals surface area contributed by atoms with Crippen LogP contribution in [0.3, 0.4) is 0 Å². The summed E-state index contributed by atoms with van der Waals surface area (Å²) in [6.07, 6.45) is 5.04. The molecule has 0 bridgehead atoms. The Morgan fingerprint density at radius 3 is 0.825 bits per heavy atom. The average Bonchev–Trinajstić information content (AvgIpc) is 2.91. The first-order valence-corrected chi connectivity index (χ1v) is 12.7. The van der Waals surface area contributed by atoms with Crippen LogP contribution in [-0.2, 0) is 0 Å². The van der Waals surface area contributed by atoms with E-state index >= 15 is 0 Å². The SMILES string of the molecule is Cc1ccnc2c([O-])ccc(C)c12.Cc1ccnc2c([O-])ccc(C)c12.Cc1ccnc2c([O-])ccc(C)c12.[Al+3]. The fourth-order valence-electron chi connectivity index (χ4n) is 4.82. The van der Waals surface area contributed by atoms with E-state index in [1.807, 2.05) is 77.9 Å².